The van der Waals surface area contributed by atoms with Crippen molar-refractivity contribution in [2.45, 2.75) is 33.6 Å². The van der Waals surface area contributed by atoms with Crippen molar-refractivity contribution in [1.82, 2.24) is 19.7 Å². The Bertz CT molecular complexity index is 1280. The number of para-hydroxylation sites is 1. The number of aromatic nitrogens is 3. The summed E-state index contributed by atoms with van der Waals surface area (Å²) < 4.78 is 12.1. The molecule has 10 nitrogen and oxygen atoms in total. The molecule has 3 aromatic rings. The molecule has 1 saturated heterocycles. The summed E-state index contributed by atoms with van der Waals surface area (Å²) in [4.78, 5) is 43.9. The highest BCUT2D eigenvalue weighted by molar-refractivity contribution is 6.01. The standard InChI is InChI=1S/C25H29N5O5/c1-5-35-25(33)19-14-26-30(21-13-15(2)18-7-6-8-20(34-4)22(18)27-21)23(19)28-24(32)17-9-11-29(12-10-17)16(3)31/h6-8,13-14,17H,5,9-12H2,1-4H3,(H,28,32). The highest BCUT2D eigenvalue weighted by Gasteiger charge is 2.29. The van der Waals surface area contributed by atoms with Gasteiger partial charge in [0.25, 0.3) is 0 Å². The van der Waals surface area contributed by atoms with Gasteiger partial charge in [0, 0.05) is 31.3 Å². The monoisotopic (exact) mass is 479 g/mol. The predicted molar refractivity (Wildman–Crippen MR) is 130 cm³/mol. The van der Waals surface area contributed by atoms with Crippen LogP contribution in [0.4, 0.5) is 5.82 Å². The number of esters is 1. The topological polar surface area (TPSA) is 116 Å². The molecule has 1 aliphatic heterocycles. The number of rotatable bonds is 6. The van der Waals surface area contributed by atoms with Crippen molar-refractivity contribution in [3.8, 4) is 11.6 Å². The van der Waals surface area contributed by atoms with Gasteiger partial charge >= 0.3 is 5.97 Å². The number of methoxy groups -OCH3 is 1. The molecule has 1 N–H and O–H groups in total. The first kappa shape index (κ1) is 24.2. The second-order valence-electron chi connectivity index (χ2n) is 8.46. The number of nitrogens with one attached hydrogen (secondary N) is 1. The zero-order valence-electron chi connectivity index (χ0n) is 20.3. The van der Waals surface area contributed by atoms with Gasteiger partial charge < -0.3 is 19.7 Å². The molecule has 0 bridgehead atoms. The number of piperidine rings is 1. The zero-order chi connectivity index (χ0) is 25.1. The average molecular weight is 480 g/mol. The quantitative estimate of drug-likeness (QED) is 0.540. The third-order valence-electron chi connectivity index (χ3n) is 6.25. The van der Waals surface area contributed by atoms with E-state index in [2.05, 4.69) is 10.4 Å². The fourth-order valence-corrected chi connectivity index (χ4v) is 4.32. The van der Waals surface area contributed by atoms with Gasteiger partial charge in [-0.3, -0.25) is 9.59 Å². The maximum absolute atomic E-state index is 13.2. The second kappa shape index (κ2) is 10.1. The number of hydrogen-bond donors (Lipinski definition) is 1. The number of hydrogen-bond acceptors (Lipinski definition) is 7. The number of nitrogens with zero attached hydrogens (tertiary/aromatic N) is 4. The summed E-state index contributed by atoms with van der Waals surface area (Å²) in [5.41, 5.74) is 1.72. The maximum Gasteiger partial charge on any atom is 0.343 e. The molecule has 4 rings (SSSR count). The number of carbonyl (C=O) groups excluding carboxylic acids is 3. The van der Waals surface area contributed by atoms with Crippen LogP contribution in [0.2, 0.25) is 0 Å². The van der Waals surface area contributed by atoms with Gasteiger partial charge in [-0.25, -0.2) is 9.78 Å². The Hall–Kier alpha value is -3.95. The normalized spacial score (nSPS) is 14.1. The minimum absolute atomic E-state index is 0.000270. The molecule has 0 saturated carbocycles. The third-order valence-corrected chi connectivity index (χ3v) is 6.25. The highest BCUT2D eigenvalue weighted by Crippen LogP contribution is 2.30. The molecular weight excluding hydrogens is 450 g/mol. The molecule has 0 atom stereocenters. The lowest BCUT2D eigenvalue weighted by Crippen LogP contribution is -2.40. The number of anilines is 1. The summed E-state index contributed by atoms with van der Waals surface area (Å²) in [5.74, 6) is 0.106. The van der Waals surface area contributed by atoms with Gasteiger partial charge in [-0.15, -0.1) is 0 Å². The van der Waals surface area contributed by atoms with E-state index in [0.29, 0.717) is 43.0 Å². The maximum atomic E-state index is 13.2. The molecule has 1 aliphatic rings. The first-order valence-electron chi connectivity index (χ1n) is 11.6. The van der Waals surface area contributed by atoms with Crippen LogP contribution in [0.5, 0.6) is 5.75 Å². The van der Waals surface area contributed by atoms with Crippen molar-refractivity contribution in [1.29, 1.82) is 0 Å². The van der Waals surface area contributed by atoms with Crippen LogP contribution in [0.25, 0.3) is 16.7 Å². The summed E-state index contributed by atoms with van der Waals surface area (Å²) in [6.07, 6.45) is 2.45. The van der Waals surface area contributed by atoms with Crippen molar-refractivity contribution in [3.05, 3.63) is 41.6 Å². The van der Waals surface area contributed by atoms with Crippen LogP contribution in [0.15, 0.2) is 30.5 Å². The Kier molecular flexibility index (Phi) is 6.99. The van der Waals surface area contributed by atoms with Crippen molar-refractivity contribution >= 4 is 34.5 Å². The zero-order valence-corrected chi connectivity index (χ0v) is 20.3. The predicted octanol–water partition coefficient (Wildman–Crippen LogP) is 3.11. The van der Waals surface area contributed by atoms with Crippen LogP contribution >= 0.6 is 0 Å². The first-order chi connectivity index (χ1) is 16.8. The van der Waals surface area contributed by atoms with Gasteiger partial charge in [-0.2, -0.15) is 9.78 Å². The lowest BCUT2D eigenvalue weighted by atomic mass is 9.96. The van der Waals surface area contributed by atoms with E-state index in [4.69, 9.17) is 14.5 Å². The molecule has 0 aliphatic carbocycles. The summed E-state index contributed by atoms with van der Waals surface area (Å²) in [6.45, 7) is 6.41. The largest absolute Gasteiger partial charge is 0.494 e. The molecule has 0 spiro atoms. The highest BCUT2D eigenvalue weighted by atomic mass is 16.5. The lowest BCUT2D eigenvalue weighted by Gasteiger charge is -2.30. The van der Waals surface area contributed by atoms with Crippen molar-refractivity contribution in [2.75, 3.05) is 32.1 Å². The molecular formula is C25H29N5O5. The summed E-state index contributed by atoms with van der Waals surface area (Å²) in [6, 6.07) is 7.50. The number of pyridine rings is 1. The smallest absolute Gasteiger partial charge is 0.343 e. The van der Waals surface area contributed by atoms with Gasteiger partial charge in [0.05, 0.1) is 19.9 Å². The molecule has 2 aromatic heterocycles. The van der Waals surface area contributed by atoms with Crippen LogP contribution in [-0.2, 0) is 14.3 Å². The number of carbonyl (C=O) groups is 3. The Balaban J connectivity index is 1.72. The minimum atomic E-state index is -0.587. The summed E-state index contributed by atoms with van der Waals surface area (Å²) in [7, 11) is 1.58. The van der Waals surface area contributed by atoms with Gasteiger partial charge in [0.15, 0.2) is 11.6 Å². The molecule has 3 heterocycles. The first-order valence-corrected chi connectivity index (χ1v) is 11.6. The van der Waals surface area contributed by atoms with Gasteiger partial charge in [0.1, 0.15) is 16.8 Å². The van der Waals surface area contributed by atoms with Gasteiger partial charge in [0.2, 0.25) is 11.8 Å². The third kappa shape index (κ3) is 4.82. The molecule has 35 heavy (non-hydrogen) atoms. The van der Waals surface area contributed by atoms with Crippen LogP contribution < -0.4 is 10.1 Å². The average Bonchev–Trinajstić information content (AvgIpc) is 3.27. The van der Waals surface area contributed by atoms with E-state index < -0.39 is 5.97 Å². The number of aryl methyl sites for hydroxylation is 1. The van der Waals surface area contributed by atoms with Crippen LogP contribution in [0.1, 0.15) is 42.6 Å². The second-order valence-corrected chi connectivity index (χ2v) is 8.46. The van der Waals surface area contributed by atoms with Crippen LogP contribution in [0.3, 0.4) is 0 Å². The number of benzene rings is 1. The fraction of sp³-hybridized carbons (Fsp3) is 0.400. The Morgan fingerprint density at radius 1 is 1.20 bits per heavy atom. The molecule has 1 aromatic carbocycles. The molecule has 0 unspecified atom stereocenters. The van der Waals surface area contributed by atoms with E-state index in [1.54, 1.807) is 18.9 Å². The Morgan fingerprint density at radius 2 is 1.94 bits per heavy atom. The van der Waals surface area contributed by atoms with Gasteiger partial charge in [-0.05, 0) is 44.4 Å². The van der Waals surface area contributed by atoms with E-state index >= 15 is 0 Å². The Labute approximate surface area is 203 Å². The summed E-state index contributed by atoms with van der Waals surface area (Å²) >= 11 is 0. The molecule has 1 fully saturated rings. The van der Waals surface area contributed by atoms with Crippen molar-refractivity contribution in [2.24, 2.45) is 5.92 Å². The lowest BCUT2D eigenvalue weighted by molar-refractivity contribution is -0.132. The number of amides is 2. The molecule has 10 heteroatoms. The van der Waals surface area contributed by atoms with Crippen LogP contribution in [-0.4, -0.2) is 64.3 Å². The SMILES string of the molecule is CCOC(=O)c1cnn(-c2cc(C)c3cccc(OC)c3n2)c1NC(=O)C1CCN(C(C)=O)CC1. The molecule has 0 radical (unpaired) electrons. The number of likely N-dealkylation sites (tertiary alicyclic amines) is 1. The van der Waals surface area contributed by atoms with E-state index in [1.165, 1.54) is 17.8 Å². The van der Waals surface area contributed by atoms with E-state index in [9.17, 15) is 14.4 Å². The van der Waals surface area contributed by atoms with E-state index in [0.717, 1.165) is 10.9 Å². The number of ether oxygens (including phenoxy) is 2. The molecule has 2 amide bonds. The van der Waals surface area contributed by atoms with Gasteiger partial charge in [-0.1, -0.05) is 12.1 Å². The van der Waals surface area contributed by atoms with E-state index in [-0.39, 0.29) is 35.7 Å². The fourth-order valence-electron chi connectivity index (χ4n) is 4.32. The van der Waals surface area contributed by atoms with Crippen molar-refractivity contribution < 1.29 is 23.9 Å². The number of fused-ring (bicyclic) bond motifs is 1. The minimum Gasteiger partial charge on any atom is -0.494 e. The van der Waals surface area contributed by atoms with E-state index in [1.807, 2.05) is 31.2 Å². The molecule has 184 valence electrons. The Morgan fingerprint density at radius 3 is 2.60 bits per heavy atom. The van der Waals surface area contributed by atoms with Crippen LogP contribution in [0, 0.1) is 12.8 Å². The van der Waals surface area contributed by atoms with Crippen molar-refractivity contribution in [3.63, 3.8) is 0 Å². The summed E-state index contributed by atoms with van der Waals surface area (Å²) in [5, 5.41) is 8.19.